The summed E-state index contributed by atoms with van der Waals surface area (Å²) in [6.45, 7) is 8.88. The topological polar surface area (TPSA) is 67.1 Å². The zero-order valence-corrected chi connectivity index (χ0v) is 18.9. The van der Waals surface area contributed by atoms with Gasteiger partial charge in [-0.3, -0.25) is 4.79 Å². The zero-order valence-electron chi connectivity index (χ0n) is 18.9. The lowest BCUT2D eigenvalue weighted by Gasteiger charge is -2.34. The van der Waals surface area contributed by atoms with E-state index >= 15 is 0 Å². The molecular formula is C25H28O6. The molecule has 0 N–H and O–H groups in total. The van der Waals surface area contributed by atoms with Crippen molar-refractivity contribution in [3.63, 3.8) is 0 Å². The van der Waals surface area contributed by atoms with Crippen LogP contribution in [0.3, 0.4) is 0 Å². The van der Waals surface area contributed by atoms with Crippen molar-refractivity contribution in [1.29, 1.82) is 0 Å². The Kier molecular flexibility index (Phi) is 4.24. The molecule has 0 spiro atoms. The molecule has 3 heterocycles. The van der Waals surface area contributed by atoms with Gasteiger partial charge in [0.2, 0.25) is 5.43 Å². The summed E-state index contributed by atoms with van der Waals surface area (Å²) in [4.78, 5) is 14.0. The van der Waals surface area contributed by atoms with Gasteiger partial charge in [-0.2, -0.15) is 0 Å². The van der Waals surface area contributed by atoms with E-state index in [0.29, 0.717) is 58.0 Å². The molecule has 0 atom stereocenters. The molecule has 2 aliphatic heterocycles. The first-order chi connectivity index (χ1) is 14.6. The van der Waals surface area contributed by atoms with E-state index in [2.05, 4.69) is 13.8 Å². The van der Waals surface area contributed by atoms with Crippen LogP contribution >= 0.6 is 0 Å². The first-order valence-corrected chi connectivity index (χ1v) is 10.7. The van der Waals surface area contributed by atoms with E-state index in [-0.39, 0.29) is 16.4 Å². The van der Waals surface area contributed by atoms with Crippen LogP contribution in [0.4, 0.5) is 0 Å². The Morgan fingerprint density at radius 3 is 2.29 bits per heavy atom. The Hall–Kier alpha value is -2.89. The van der Waals surface area contributed by atoms with Crippen molar-refractivity contribution in [2.24, 2.45) is 5.41 Å². The monoisotopic (exact) mass is 424 g/mol. The fraction of sp³-hybridized carbons (Fsp3) is 0.480. The first-order valence-electron chi connectivity index (χ1n) is 10.7. The Morgan fingerprint density at radius 1 is 0.903 bits per heavy atom. The van der Waals surface area contributed by atoms with Gasteiger partial charge in [-0.1, -0.05) is 13.8 Å². The SMILES string of the molecule is COc1cc2oc3cc(OC)c4c(c3c(=O)c2c2c1CCC(C)(C)O2)CC(C)(C)CO4. The first kappa shape index (κ1) is 20.0. The number of rotatable bonds is 2. The molecule has 2 aliphatic rings. The Labute approximate surface area is 181 Å². The van der Waals surface area contributed by atoms with Gasteiger partial charge in [-0.05, 0) is 33.1 Å². The van der Waals surface area contributed by atoms with Crippen LogP contribution in [0.15, 0.2) is 21.3 Å². The average Bonchev–Trinajstić information content (AvgIpc) is 2.70. The van der Waals surface area contributed by atoms with E-state index in [9.17, 15) is 4.79 Å². The molecule has 0 aliphatic carbocycles. The third-order valence-electron chi connectivity index (χ3n) is 6.35. The van der Waals surface area contributed by atoms with Gasteiger partial charge < -0.3 is 23.4 Å². The molecule has 3 aromatic rings. The maximum atomic E-state index is 14.0. The fourth-order valence-corrected chi connectivity index (χ4v) is 4.75. The van der Waals surface area contributed by atoms with E-state index in [1.807, 2.05) is 13.8 Å². The van der Waals surface area contributed by atoms with E-state index in [1.165, 1.54) is 0 Å². The van der Waals surface area contributed by atoms with Crippen LogP contribution in [0.1, 0.15) is 45.2 Å². The van der Waals surface area contributed by atoms with Gasteiger partial charge in [-0.25, -0.2) is 0 Å². The summed E-state index contributed by atoms with van der Waals surface area (Å²) in [5.41, 5.74) is 2.09. The Bertz CT molecular complexity index is 1190. The highest BCUT2D eigenvalue weighted by atomic mass is 16.5. The minimum absolute atomic E-state index is 0.104. The van der Waals surface area contributed by atoms with Crippen LogP contribution in [-0.2, 0) is 12.8 Å². The summed E-state index contributed by atoms with van der Waals surface area (Å²) in [5.74, 6) is 2.45. The van der Waals surface area contributed by atoms with Gasteiger partial charge >= 0.3 is 0 Å². The van der Waals surface area contributed by atoms with Crippen molar-refractivity contribution >= 4 is 21.9 Å². The third kappa shape index (κ3) is 3.03. The lowest BCUT2D eigenvalue weighted by Crippen LogP contribution is -2.33. The quantitative estimate of drug-likeness (QED) is 0.538. The second-order valence-corrected chi connectivity index (χ2v) is 9.94. The van der Waals surface area contributed by atoms with Crippen molar-refractivity contribution in [3.8, 4) is 23.0 Å². The molecule has 5 rings (SSSR count). The molecule has 0 amide bonds. The van der Waals surface area contributed by atoms with Crippen LogP contribution in [-0.4, -0.2) is 26.4 Å². The summed E-state index contributed by atoms with van der Waals surface area (Å²) < 4.78 is 29.9. The van der Waals surface area contributed by atoms with Crippen molar-refractivity contribution in [2.75, 3.05) is 20.8 Å². The standard InChI is InChI=1S/C25H28O6/c1-24(2)11-14-19-16(10-18(28-6)22(14)29-12-24)30-17-9-15(27-5)13-7-8-25(3,4)31-23(13)20(17)21(19)26/h9-10H,7-8,11-12H2,1-6H3. The highest BCUT2D eigenvalue weighted by Gasteiger charge is 2.35. The Balaban J connectivity index is 1.92. The number of hydrogen-bond acceptors (Lipinski definition) is 6. The summed E-state index contributed by atoms with van der Waals surface area (Å²) in [7, 11) is 3.22. The predicted molar refractivity (Wildman–Crippen MR) is 119 cm³/mol. The van der Waals surface area contributed by atoms with Crippen LogP contribution < -0.4 is 24.4 Å². The van der Waals surface area contributed by atoms with Gasteiger partial charge in [0.1, 0.15) is 33.7 Å². The second-order valence-electron chi connectivity index (χ2n) is 9.94. The van der Waals surface area contributed by atoms with Crippen molar-refractivity contribution in [3.05, 3.63) is 33.5 Å². The van der Waals surface area contributed by atoms with Crippen molar-refractivity contribution in [2.45, 2.75) is 52.6 Å². The van der Waals surface area contributed by atoms with Gasteiger partial charge in [-0.15, -0.1) is 0 Å². The lowest BCUT2D eigenvalue weighted by atomic mass is 9.82. The number of fused-ring (bicyclic) bond motifs is 6. The highest BCUT2D eigenvalue weighted by Crippen LogP contribution is 2.47. The summed E-state index contributed by atoms with van der Waals surface area (Å²) in [5, 5.41) is 1.00. The molecule has 164 valence electrons. The number of ether oxygens (including phenoxy) is 4. The zero-order chi connectivity index (χ0) is 22.1. The maximum Gasteiger partial charge on any atom is 0.204 e. The molecule has 0 saturated carbocycles. The molecule has 0 fully saturated rings. The molecule has 0 radical (unpaired) electrons. The van der Waals surface area contributed by atoms with Crippen molar-refractivity contribution < 1.29 is 23.4 Å². The molecule has 0 saturated heterocycles. The molecule has 0 unspecified atom stereocenters. The molecule has 0 bridgehead atoms. The van der Waals surface area contributed by atoms with Crippen molar-refractivity contribution in [1.82, 2.24) is 0 Å². The van der Waals surface area contributed by atoms with Gasteiger partial charge in [0, 0.05) is 28.7 Å². The maximum absolute atomic E-state index is 14.0. The van der Waals surface area contributed by atoms with E-state index in [1.54, 1.807) is 26.4 Å². The van der Waals surface area contributed by atoms with Crippen LogP contribution in [0.5, 0.6) is 23.0 Å². The number of benzene rings is 2. The Morgan fingerprint density at radius 2 is 1.58 bits per heavy atom. The average molecular weight is 424 g/mol. The molecule has 1 aromatic heterocycles. The summed E-state index contributed by atoms with van der Waals surface area (Å²) in [6.07, 6.45) is 2.31. The van der Waals surface area contributed by atoms with Crippen LogP contribution in [0, 0.1) is 5.41 Å². The second kappa shape index (κ2) is 6.55. The lowest BCUT2D eigenvalue weighted by molar-refractivity contribution is 0.0857. The molecule has 2 aromatic carbocycles. The van der Waals surface area contributed by atoms with Gasteiger partial charge in [0.15, 0.2) is 11.5 Å². The normalized spacial score (nSPS) is 18.6. The number of hydrogen-bond donors (Lipinski definition) is 0. The predicted octanol–water partition coefficient (Wildman–Crippen LogP) is 5.03. The summed E-state index contributed by atoms with van der Waals surface area (Å²) >= 11 is 0. The molecule has 6 heteroatoms. The van der Waals surface area contributed by atoms with Crippen LogP contribution in [0.25, 0.3) is 21.9 Å². The fourth-order valence-electron chi connectivity index (χ4n) is 4.75. The van der Waals surface area contributed by atoms with Gasteiger partial charge in [0.25, 0.3) is 0 Å². The third-order valence-corrected chi connectivity index (χ3v) is 6.35. The highest BCUT2D eigenvalue weighted by molar-refractivity contribution is 5.98. The van der Waals surface area contributed by atoms with E-state index < -0.39 is 0 Å². The smallest absolute Gasteiger partial charge is 0.204 e. The molecule has 6 nitrogen and oxygen atoms in total. The summed E-state index contributed by atoms with van der Waals surface area (Å²) in [6, 6.07) is 3.53. The van der Waals surface area contributed by atoms with Crippen LogP contribution in [0.2, 0.25) is 0 Å². The van der Waals surface area contributed by atoms with Gasteiger partial charge in [0.05, 0.1) is 26.2 Å². The minimum atomic E-state index is -0.377. The molecule has 31 heavy (non-hydrogen) atoms. The number of methoxy groups -OCH3 is 2. The minimum Gasteiger partial charge on any atom is -0.496 e. The van der Waals surface area contributed by atoms with E-state index in [0.717, 1.165) is 24.0 Å². The van der Waals surface area contributed by atoms with E-state index in [4.69, 9.17) is 23.4 Å². The molecular weight excluding hydrogens is 396 g/mol. The largest absolute Gasteiger partial charge is 0.496 e.